The number of aliphatic hydroxyl groups is 1. The Balaban J connectivity index is 1.61. The lowest BCUT2D eigenvalue weighted by Crippen LogP contribution is -2.07. The van der Waals surface area contributed by atoms with Gasteiger partial charge in [-0.15, -0.1) is 0 Å². The first-order chi connectivity index (χ1) is 10.3. The highest BCUT2D eigenvalue weighted by atomic mass is 16.5. The fraction of sp³-hybridized carbons (Fsp3) is 0.118. The van der Waals surface area contributed by atoms with Crippen LogP contribution in [0.2, 0.25) is 0 Å². The van der Waals surface area contributed by atoms with Crippen LogP contribution in [0.25, 0.3) is 11.0 Å². The number of benzene rings is 2. The Morgan fingerprint density at radius 1 is 1.19 bits per heavy atom. The molecule has 0 unspecified atom stereocenters. The van der Waals surface area contributed by atoms with E-state index in [0.29, 0.717) is 23.7 Å². The number of para-hydroxylation sites is 1. The zero-order valence-corrected chi connectivity index (χ0v) is 11.2. The molecule has 3 aromatic rings. The van der Waals surface area contributed by atoms with Crippen LogP contribution in [0.1, 0.15) is 11.1 Å². The van der Waals surface area contributed by atoms with Gasteiger partial charge in [0.15, 0.2) is 5.90 Å². The molecule has 4 heteroatoms. The molecule has 1 aliphatic rings. The fourth-order valence-corrected chi connectivity index (χ4v) is 2.55. The van der Waals surface area contributed by atoms with Crippen LogP contribution in [-0.4, -0.2) is 11.0 Å². The highest BCUT2D eigenvalue weighted by molar-refractivity contribution is 5.90. The van der Waals surface area contributed by atoms with Gasteiger partial charge in [-0.1, -0.05) is 18.2 Å². The van der Waals surface area contributed by atoms with Crippen molar-refractivity contribution in [1.29, 1.82) is 0 Å². The molecule has 0 saturated carbocycles. The topological polar surface area (TPSA) is 55.0 Å². The SMILES string of the molecule is OCc1coc2cc(OC3=Nc4ccccc4C3)ccc12. The van der Waals surface area contributed by atoms with Gasteiger partial charge in [-0.25, -0.2) is 4.99 Å². The Morgan fingerprint density at radius 2 is 2.10 bits per heavy atom. The molecule has 0 aliphatic carbocycles. The van der Waals surface area contributed by atoms with Crippen LogP contribution in [0.5, 0.6) is 5.75 Å². The second-order valence-electron chi connectivity index (χ2n) is 4.99. The van der Waals surface area contributed by atoms with Crippen LogP contribution in [0.15, 0.2) is 58.1 Å². The van der Waals surface area contributed by atoms with Crippen LogP contribution in [0.3, 0.4) is 0 Å². The van der Waals surface area contributed by atoms with Gasteiger partial charge in [0.2, 0.25) is 0 Å². The predicted octanol–water partition coefficient (Wildman–Crippen LogP) is 3.59. The summed E-state index contributed by atoms with van der Waals surface area (Å²) in [5.74, 6) is 1.37. The second-order valence-corrected chi connectivity index (χ2v) is 4.99. The molecule has 104 valence electrons. The van der Waals surface area contributed by atoms with Crippen LogP contribution in [-0.2, 0) is 13.0 Å². The Bertz CT molecular complexity index is 848. The minimum Gasteiger partial charge on any atom is -0.464 e. The number of ether oxygens (including phenoxy) is 1. The van der Waals surface area contributed by atoms with Gasteiger partial charge in [0.1, 0.15) is 11.3 Å². The molecule has 0 bridgehead atoms. The van der Waals surface area contributed by atoms with E-state index in [2.05, 4.69) is 11.1 Å². The largest absolute Gasteiger partial charge is 0.464 e. The molecule has 4 nitrogen and oxygen atoms in total. The van der Waals surface area contributed by atoms with Crippen molar-refractivity contribution in [1.82, 2.24) is 0 Å². The van der Waals surface area contributed by atoms with E-state index in [1.54, 1.807) is 6.26 Å². The van der Waals surface area contributed by atoms with E-state index in [4.69, 9.17) is 9.15 Å². The van der Waals surface area contributed by atoms with Crippen LogP contribution in [0, 0.1) is 0 Å². The van der Waals surface area contributed by atoms with Gasteiger partial charge in [-0.05, 0) is 23.8 Å². The number of rotatable bonds is 2. The number of furan rings is 1. The minimum absolute atomic E-state index is 0.0325. The Labute approximate surface area is 121 Å². The molecule has 0 amide bonds. The number of hydrogen-bond donors (Lipinski definition) is 1. The van der Waals surface area contributed by atoms with Gasteiger partial charge in [-0.3, -0.25) is 0 Å². The predicted molar refractivity (Wildman–Crippen MR) is 80.0 cm³/mol. The summed E-state index contributed by atoms with van der Waals surface area (Å²) in [6.45, 7) is -0.0325. The molecule has 1 N–H and O–H groups in total. The van der Waals surface area contributed by atoms with Crippen molar-refractivity contribution in [3.05, 3.63) is 59.9 Å². The Morgan fingerprint density at radius 3 is 2.95 bits per heavy atom. The summed E-state index contributed by atoms with van der Waals surface area (Å²) in [4.78, 5) is 4.47. The molecule has 2 heterocycles. The molecule has 2 aromatic carbocycles. The monoisotopic (exact) mass is 279 g/mol. The molecule has 21 heavy (non-hydrogen) atoms. The average molecular weight is 279 g/mol. The lowest BCUT2D eigenvalue weighted by molar-refractivity contribution is 0.281. The maximum absolute atomic E-state index is 9.21. The maximum Gasteiger partial charge on any atom is 0.199 e. The maximum atomic E-state index is 9.21. The normalized spacial score (nSPS) is 13.3. The van der Waals surface area contributed by atoms with E-state index in [-0.39, 0.29) is 6.61 Å². The Hall–Kier alpha value is -2.59. The lowest BCUT2D eigenvalue weighted by Gasteiger charge is -2.04. The van der Waals surface area contributed by atoms with Gasteiger partial charge < -0.3 is 14.3 Å². The number of nitrogens with zero attached hydrogens (tertiary/aromatic N) is 1. The van der Waals surface area contributed by atoms with Crippen LogP contribution in [0.4, 0.5) is 5.69 Å². The molecule has 1 aromatic heterocycles. The quantitative estimate of drug-likeness (QED) is 0.780. The first-order valence-corrected chi connectivity index (χ1v) is 6.78. The van der Waals surface area contributed by atoms with E-state index in [0.717, 1.165) is 16.6 Å². The zero-order valence-electron chi connectivity index (χ0n) is 11.2. The lowest BCUT2D eigenvalue weighted by atomic mass is 10.1. The van der Waals surface area contributed by atoms with Crippen molar-refractivity contribution < 1.29 is 14.3 Å². The summed E-state index contributed by atoms with van der Waals surface area (Å²) in [5, 5.41) is 10.1. The van der Waals surface area contributed by atoms with Crippen molar-refractivity contribution in [3.8, 4) is 5.75 Å². The zero-order chi connectivity index (χ0) is 14.2. The van der Waals surface area contributed by atoms with Gasteiger partial charge in [0, 0.05) is 17.0 Å². The molecule has 4 rings (SSSR count). The molecule has 0 radical (unpaired) electrons. The Kier molecular flexibility index (Phi) is 2.75. The molecule has 0 atom stereocenters. The van der Waals surface area contributed by atoms with E-state index < -0.39 is 0 Å². The van der Waals surface area contributed by atoms with Gasteiger partial charge in [0.05, 0.1) is 25.0 Å². The molecule has 1 aliphatic heterocycles. The van der Waals surface area contributed by atoms with Crippen molar-refractivity contribution in [3.63, 3.8) is 0 Å². The number of aliphatic hydroxyl groups excluding tert-OH is 1. The number of aliphatic imine (C=N–C) groups is 1. The van der Waals surface area contributed by atoms with Crippen molar-refractivity contribution in [2.45, 2.75) is 13.0 Å². The first kappa shape index (κ1) is 12.2. The van der Waals surface area contributed by atoms with Crippen molar-refractivity contribution in [2.24, 2.45) is 4.99 Å². The fourth-order valence-electron chi connectivity index (χ4n) is 2.55. The second kappa shape index (κ2) is 4.75. The molecular formula is C17H13NO3. The summed E-state index contributed by atoms with van der Waals surface area (Å²) in [6.07, 6.45) is 2.27. The van der Waals surface area contributed by atoms with Crippen molar-refractivity contribution >= 4 is 22.6 Å². The third kappa shape index (κ3) is 2.10. The first-order valence-electron chi connectivity index (χ1n) is 6.78. The van der Waals surface area contributed by atoms with E-state index in [1.807, 2.05) is 36.4 Å². The third-order valence-corrected chi connectivity index (χ3v) is 3.61. The summed E-state index contributed by atoms with van der Waals surface area (Å²) in [6, 6.07) is 13.6. The van der Waals surface area contributed by atoms with Gasteiger partial charge >= 0.3 is 0 Å². The van der Waals surface area contributed by atoms with Gasteiger partial charge in [-0.2, -0.15) is 0 Å². The summed E-state index contributed by atoms with van der Waals surface area (Å²) >= 11 is 0. The van der Waals surface area contributed by atoms with Crippen LogP contribution < -0.4 is 4.74 Å². The third-order valence-electron chi connectivity index (χ3n) is 3.61. The highest BCUT2D eigenvalue weighted by Gasteiger charge is 2.16. The summed E-state index contributed by atoms with van der Waals surface area (Å²) in [7, 11) is 0. The minimum atomic E-state index is -0.0325. The average Bonchev–Trinajstić information content (AvgIpc) is 3.09. The molecule has 0 fully saturated rings. The standard InChI is InChI=1S/C17H13NO3/c19-9-12-10-20-16-8-13(5-6-14(12)16)21-17-7-11-3-1-2-4-15(11)18-17/h1-6,8,10,19H,7,9H2. The molecular weight excluding hydrogens is 266 g/mol. The highest BCUT2D eigenvalue weighted by Crippen LogP contribution is 2.29. The van der Waals surface area contributed by atoms with E-state index in [9.17, 15) is 5.11 Å². The van der Waals surface area contributed by atoms with Crippen LogP contribution >= 0.6 is 0 Å². The van der Waals surface area contributed by atoms with E-state index >= 15 is 0 Å². The van der Waals surface area contributed by atoms with E-state index in [1.165, 1.54) is 5.56 Å². The van der Waals surface area contributed by atoms with Crippen molar-refractivity contribution in [2.75, 3.05) is 0 Å². The summed E-state index contributed by atoms with van der Waals surface area (Å²) < 4.78 is 11.3. The summed E-state index contributed by atoms with van der Waals surface area (Å²) in [5.41, 5.74) is 3.62. The molecule has 0 spiro atoms. The van der Waals surface area contributed by atoms with Gasteiger partial charge in [0.25, 0.3) is 0 Å². The number of fused-ring (bicyclic) bond motifs is 2. The number of hydrogen-bond acceptors (Lipinski definition) is 4. The molecule has 0 saturated heterocycles. The smallest absolute Gasteiger partial charge is 0.199 e.